The van der Waals surface area contributed by atoms with Crippen LogP contribution < -0.4 is 4.90 Å². The molecule has 1 aromatic rings. The molecule has 1 saturated carbocycles. The van der Waals surface area contributed by atoms with E-state index >= 15 is 0 Å². The molecular formula is C16H24N2O3. The maximum absolute atomic E-state index is 11.3. The van der Waals surface area contributed by atoms with Gasteiger partial charge in [0.25, 0.3) is 0 Å². The molecule has 1 heterocycles. The van der Waals surface area contributed by atoms with Crippen LogP contribution in [-0.4, -0.2) is 40.4 Å². The monoisotopic (exact) mass is 292 g/mol. The highest BCUT2D eigenvalue weighted by Gasteiger charge is 2.24. The molecule has 0 atom stereocenters. The topological polar surface area (TPSA) is 73.7 Å². The normalized spacial score (nSPS) is 15.6. The fourth-order valence-corrected chi connectivity index (χ4v) is 2.91. The molecule has 0 amide bonds. The molecule has 0 saturated heterocycles. The summed E-state index contributed by atoms with van der Waals surface area (Å²) in [6, 6.07) is 3.62. The van der Waals surface area contributed by atoms with Crippen LogP contribution in [0.15, 0.2) is 12.1 Å². The van der Waals surface area contributed by atoms with Crippen LogP contribution in [0.2, 0.25) is 0 Å². The number of aliphatic hydroxyl groups excluding tert-OH is 1. The third kappa shape index (κ3) is 3.73. The van der Waals surface area contributed by atoms with Crippen LogP contribution in [0.5, 0.6) is 0 Å². The van der Waals surface area contributed by atoms with E-state index in [1.165, 1.54) is 12.8 Å². The third-order valence-corrected chi connectivity index (χ3v) is 4.07. The molecular weight excluding hydrogens is 268 g/mol. The van der Waals surface area contributed by atoms with Crippen LogP contribution in [0.3, 0.4) is 0 Å². The minimum Gasteiger partial charge on any atom is -0.478 e. The first kappa shape index (κ1) is 15.8. The Labute approximate surface area is 125 Å². The molecule has 0 aliphatic heterocycles. The van der Waals surface area contributed by atoms with Crippen molar-refractivity contribution >= 4 is 11.8 Å². The standard InChI is InChI=1S/C16H24N2O3/c1-11(2)14-9-12(16(20)21)10-15(17-14)18(7-8-19)13-5-3-4-6-13/h9-11,13,19H,3-8H2,1-2H3,(H,20,21). The van der Waals surface area contributed by atoms with Gasteiger partial charge >= 0.3 is 5.97 Å². The highest BCUT2D eigenvalue weighted by atomic mass is 16.4. The van der Waals surface area contributed by atoms with Crippen LogP contribution in [0.1, 0.15) is 61.5 Å². The average Bonchev–Trinajstić information content (AvgIpc) is 2.98. The molecule has 5 nitrogen and oxygen atoms in total. The molecule has 1 aromatic heterocycles. The van der Waals surface area contributed by atoms with Gasteiger partial charge in [0.15, 0.2) is 0 Å². The quantitative estimate of drug-likeness (QED) is 0.843. The van der Waals surface area contributed by atoms with Crippen molar-refractivity contribution in [3.8, 4) is 0 Å². The Morgan fingerprint density at radius 3 is 2.57 bits per heavy atom. The molecule has 0 bridgehead atoms. The second-order valence-electron chi connectivity index (χ2n) is 5.95. The number of aliphatic hydroxyl groups is 1. The second kappa shape index (κ2) is 6.89. The second-order valence-corrected chi connectivity index (χ2v) is 5.95. The fraction of sp³-hybridized carbons (Fsp3) is 0.625. The summed E-state index contributed by atoms with van der Waals surface area (Å²) >= 11 is 0. The number of carboxylic acids is 1. The Balaban J connectivity index is 2.40. The summed E-state index contributed by atoms with van der Waals surface area (Å²) in [6.07, 6.45) is 4.52. The molecule has 0 aromatic carbocycles. The van der Waals surface area contributed by atoms with E-state index in [1.54, 1.807) is 12.1 Å². The fourth-order valence-electron chi connectivity index (χ4n) is 2.91. The maximum atomic E-state index is 11.3. The zero-order valence-corrected chi connectivity index (χ0v) is 12.7. The summed E-state index contributed by atoms with van der Waals surface area (Å²) in [5.41, 5.74) is 1.05. The van der Waals surface area contributed by atoms with Crippen LogP contribution >= 0.6 is 0 Å². The predicted molar refractivity (Wildman–Crippen MR) is 82.0 cm³/mol. The summed E-state index contributed by atoms with van der Waals surface area (Å²) in [4.78, 5) is 18.0. The van der Waals surface area contributed by atoms with E-state index < -0.39 is 5.97 Å². The number of hydrogen-bond donors (Lipinski definition) is 2. The van der Waals surface area contributed by atoms with Crippen molar-refractivity contribution in [2.75, 3.05) is 18.1 Å². The molecule has 2 N–H and O–H groups in total. The van der Waals surface area contributed by atoms with Gasteiger partial charge in [0.1, 0.15) is 5.82 Å². The number of hydrogen-bond acceptors (Lipinski definition) is 4. The Morgan fingerprint density at radius 1 is 1.38 bits per heavy atom. The van der Waals surface area contributed by atoms with Gasteiger partial charge in [-0.1, -0.05) is 26.7 Å². The summed E-state index contributed by atoms with van der Waals surface area (Å²) in [5.74, 6) is -0.0851. The van der Waals surface area contributed by atoms with Gasteiger partial charge in [-0.3, -0.25) is 0 Å². The molecule has 0 spiro atoms. The third-order valence-electron chi connectivity index (χ3n) is 4.07. The average molecular weight is 292 g/mol. The van der Waals surface area contributed by atoms with Gasteiger partial charge in [0, 0.05) is 18.3 Å². The number of carboxylic acid groups (broad SMARTS) is 1. The van der Waals surface area contributed by atoms with Crippen molar-refractivity contribution in [2.24, 2.45) is 0 Å². The van der Waals surface area contributed by atoms with Crippen LogP contribution in [0.4, 0.5) is 5.82 Å². The molecule has 5 heteroatoms. The number of pyridine rings is 1. The first-order valence-corrected chi connectivity index (χ1v) is 7.65. The van der Waals surface area contributed by atoms with E-state index in [-0.39, 0.29) is 18.1 Å². The van der Waals surface area contributed by atoms with E-state index in [1.807, 2.05) is 13.8 Å². The predicted octanol–water partition coefficient (Wildman–Crippen LogP) is 2.64. The van der Waals surface area contributed by atoms with Crippen molar-refractivity contribution in [2.45, 2.75) is 51.5 Å². The molecule has 0 radical (unpaired) electrons. The van der Waals surface area contributed by atoms with Crippen molar-refractivity contribution < 1.29 is 15.0 Å². The highest BCUT2D eigenvalue weighted by Crippen LogP contribution is 2.29. The summed E-state index contributed by atoms with van der Waals surface area (Å²) in [5, 5.41) is 18.6. The highest BCUT2D eigenvalue weighted by molar-refractivity contribution is 5.88. The van der Waals surface area contributed by atoms with Crippen LogP contribution in [-0.2, 0) is 0 Å². The largest absolute Gasteiger partial charge is 0.478 e. The minimum absolute atomic E-state index is 0.0481. The number of nitrogens with zero attached hydrogens (tertiary/aromatic N) is 2. The lowest BCUT2D eigenvalue weighted by Crippen LogP contribution is -2.36. The first-order valence-electron chi connectivity index (χ1n) is 7.65. The van der Waals surface area contributed by atoms with Crippen LogP contribution in [0.25, 0.3) is 0 Å². The molecule has 1 aliphatic rings. The molecule has 2 rings (SSSR count). The first-order chi connectivity index (χ1) is 10.0. The number of aromatic nitrogens is 1. The molecule has 1 aliphatic carbocycles. The van der Waals surface area contributed by atoms with Gasteiger partial charge in [-0.2, -0.15) is 0 Å². The lowest BCUT2D eigenvalue weighted by molar-refractivity contribution is 0.0696. The van der Waals surface area contributed by atoms with Gasteiger partial charge in [-0.05, 0) is 30.9 Å². The van der Waals surface area contributed by atoms with E-state index in [2.05, 4.69) is 9.88 Å². The molecule has 116 valence electrons. The van der Waals surface area contributed by atoms with E-state index in [9.17, 15) is 15.0 Å². The summed E-state index contributed by atoms with van der Waals surface area (Å²) < 4.78 is 0. The summed E-state index contributed by atoms with van der Waals surface area (Å²) in [7, 11) is 0. The van der Waals surface area contributed by atoms with Gasteiger partial charge in [0.2, 0.25) is 0 Å². The molecule has 0 unspecified atom stereocenters. The zero-order chi connectivity index (χ0) is 15.4. The van der Waals surface area contributed by atoms with Gasteiger partial charge in [-0.15, -0.1) is 0 Å². The maximum Gasteiger partial charge on any atom is 0.335 e. The van der Waals surface area contributed by atoms with Crippen molar-refractivity contribution in [1.82, 2.24) is 4.98 Å². The summed E-state index contributed by atoms with van der Waals surface area (Å²) in [6.45, 7) is 4.55. The molecule has 1 fully saturated rings. The Morgan fingerprint density at radius 2 is 2.05 bits per heavy atom. The van der Waals surface area contributed by atoms with E-state index in [0.29, 0.717) is 18.4 Å². The lowest BCUT2D eigenvalue weighted by Gasteiger charge is -2.30. The van der Waals surface area contributed by atoms with Gasteiger partial charge < -0.3 is 15.1 Å². The number of carbonyl (C=O) groups is 1. The van der Waals surface area contributed by atoms with Gasteiger partial charge in [0.05, 0.1) is 12.2 Å². The smallest absolute Gasteiger partial charge is 0.335 e. The number of rotatable bonds is 6. The van der Waals surface area contributed by atoms with E-state index in [0.717, 1.165) is 18.5 Å². The van der Waals surface area contributed by atoms with Crippen molar-refractivity contribution in [3.63, 3.8) is 0 Å². The van der Waals surface area contributed by atoms with Gasteiger partial charge in [-0.25, -0.2) is 9.78 Å². The Bertz CT molecular complexity index is 496. The van der Waals surface area contributed by atoms with Crippen LogP contribution in [0, 0.1) is 0 Å². The molecule has 21 heavy (non-hydrogen) atoms. The van der Waals surface area contributed by atoms with Crippen molar-refractivity contribution in [3.05, 3.63) is 23.4 Å². The Kier molecular flexibility index (Phi) is 5.17. The van der Waals surface area contributed by atoms with E-state index in [4.69, 9.17) is 0 Å². The lowest BCUT2D eigenvalue weighted by atomic mass is 10.1. The SMILES string of the molecule is CC(C)c1cc(C(=O)O)cc(N(CCO)C2CCCC2)n1. The number of aromatic carboxylic acids is 1. The Hall–Kier alpha value is -1.62. The zero-order valence-electron chi connectivity index (χ0n) is 12.7. The van der Waals surface area contributed by atoms with Crippen molar-refractivity contribution in [1.29, 1.82) is 0 Å². The minimum atomic E-state index is -0.934. The number of anilines is 1.